The number of amides is 2. The van der Waals surface area contributed by atoms with E-state index < -0.39 is 16.1 Å². The number of anilines is 1. The Hall–Kier alpha value is -2.43. The van der Waals surface area contributed by atoms with Crippen molar-refractivity contribution in [1.29, 1.82) is 0 Å². The monoisotopic (exact) mass is 435 g/mol. The highest BCUT2D eigenvalue weighted by Gasteiger charge is 2.33. The molecule has 10 heteroatoms. The largest absolute Gasteiger partial charge is 0.479 e. The number of aryl methyl sites for hydroxylation is 1. The zero-order chi connectivity index (χ0) is 20.8. The Morgan fingerprint density at radius 1 is 1.24 bits per heavy atom. The molecule has 2 aliphatic rings. The summed E-state index contributed by atoms with van der Waals surface area (Å²) in [5.74, 6) is 0.00644. The smallest absolute Gasteiger partial charge is 0.265 e. The summed E-state index contributed by atoms with van der Waals surface area (Å²) in [4.78, 5) is 26.7. The van der Waals surface area contributed by atoms with Gasteiger partial charge >= 0.3 is 0 Å². The standard InChI is InChI=1S/C19H21N3O5S2/c1-12-10-14-15(27-13(2)18(23)20-14)11-17(12)29(25,26)22-7-5-21(6-8-22)19(24)16-4-3-9-28-16/h3-4,9-11,13H,5-8H2,1-2H3,(H,20,23). The van der Waals surface area contributed by atoms with Crippen LogP contribution in [-0.4, -0.2) is 61.7 Å². The summed E-state index contributed by atoms with van der Waals surface area (Å²) in [7, 11) is -3.75. The van der Waals surface area contributed by atoms with E-state index in [0.29, 0.717) is 35.0 Å². The zero-order valence-corrected chi connectivity index (χ0v) is 17.7. The third-order valence-corrected chi connectivity index (χ3v) is 7.98. The van der Waals surface area contributed by atoms with Gasteiger partial charge in [0.2, 0.25) is 10.0 Å². The number of benzene rings is 1. The van der Waals surface area contributed by atoms with Gasteiger partial charge in [-0.1, -0.05) is 6.07 Å². The summed E-state index contributed by atoms with van der Waals surface area (Å²) in [6.07, 6.45) is -0.687. The van der Waals surface area contributed by atoms with E-state index in [0.717, 1.165) is 0 Å². The van der Waals surface area contributed by atoms with Gasteiger partial charge in [-0.3, -0.25) is 9.59 Å². The Morgan fingerprint density at radius 2 is 1.97 bits per heavy atom. The van der Waals surface area contributed by atoms with Crippen LogP contribution >= 0.6 is 11.3 Å². The molecule has 1 aromatic carbocycles. The first-order valence-electron chi connectivity index (χ1n) is 9.22. The number of carbonyl (C=O) groups excluding carboxylic acids is 2. The van der Waals surface area contributed by atoms with Gasteiger partial charge in [-0.05, 0) is 36.9 Å². The second-order valence-electron chi connectivity index (χ2n) is 7.04. The minimum atomic E-state index is -3.75. The third kappa shape index (κ3) is 3.63. The molecule has 0 bridgehead atoms. The first kappa shape index (κ1) is 19.9. The average molecular weight is 436 g/mol. The van der Waals surface area contributed by atoms with Crippen molar-refractivity contribution < 1.29 is 22.7 Å². The predicted molar refractivity (Wildman–Crippen MR) is 109 cm³/mol. The highest BCUT2D eigenvalue weighted by atomic mass is 32.2. The Morgan fingerprint density at radius 3 is 2.62 bits per heavy atom. The van der Waals surface area contributed by atoms with Crippen LogP contribution in [0, 0.1) is 6.92 Å². The van der Waals surface area contributed by atoms with Crippen molar-refractivity contribution in [2.45, 2.75) is 24.8 Å². The number of sulfonamides is 1. The number of carbonyl (C=O) groups is 2. The normalized spacial score (nSPS) is 20.0. The van der Waals surface area contributed by atoms with Crippen molar-refractivity contribution in [3.05, 3.63) is 40.1 Å². The molecule has 4 rings (SSSR count). The second-order valence-corrected chi connectivity index (χ2v) is 9.89. The van der Waals surface area contributed by atoms with Crippen molar-refractivity contribution >= 4 is 38.9 Å². The molecule has 1 saturated heterocycles. The van der Waals surface area contributed by atoms with Gasteiger partial charge in [-0.15, -0.1) is 11.3 Å². The first-order chi connectivity index (χ1) is 13.8. The Balaban J connectivity index is 1.53. The van der Waals surface area contributed by atoms with Crippen LogP contribution in [0.15, 0.2) is 34.5 Å². The van der Waals surface area contributed by atoms with Gasteiger partial charge in [-0.2, -0.15) is 4.31 Å². The van der Waals surface area contributed by atoms with Gasteiger partial charge in [0.05, 0.1) is 15.5 Å². The summed E-state index contributed by atoms with van der Waals surface area (Å²) in [5, 5.41) is 4.57. The molecule has 154 valence electrons. The zero-order valence-electron chi connectivity index (χ0n) is 16.0. The van der Waals surface area contributed by atoms with Gasteiger partial charge in [0, 0.05) is 32.2 Å². The van der Waals surface area contributed by atoms with Gasteiger partial charge in [0.15, 0.2) is 6.10 Å². The molecule has 1 unspecified atom stereocenters. The van der Waals surface area contributed by atoms with Gasteiger partial charge in [-0.25, -0.2) is 8.42 Å². The van der Waals surface area contributed by atoms with E-state index >= 15 is 0 Å². The quantitative estimate of drug-likeness (QED) is 0.795. The van der Waals surface area contributed by atoms with E-state index in [1.807, 2.05) is 11.4 Å². The van der Waals surface area contributed by atoms with E-state index in [1.165, 1.54) is 21.7 Å². The van der Waals surface area contributed by atoms with Gasteiger partial charge < -0.3 is 15.0 Å². The van der Waals surface area contributed by atoms with E-state index in [9.17, 15) is 18.0 Å². The summed E-state index contributed by atoms with van der Waals surface area (Å²) in [6.45, 7) is 4.42. The lowest BCUT2D eigenvalue weighted by Crippen LogP contribution is -2.50. The van der Waals surface area contributed by atoms with Gasteiger partial charge in [0.25, 0.3) is 11.8 Å². The fourth-order valence-electron chi connectivity index (χ4n) is 3.45. The van der Waals surface area contributed by atoms with Crippen LogP contribution in [0.25, 0.3) is 0 Å². The number of nitrogens with zero attached hydrogens (tertiary/aromatic N) is 2. The number of hydrogen-bond donors (Lipinski definition) is 1. The number of fused-ring (bicyclic) bond motifs is 1. The molecule has 29 heavy (non-hydrogen) atoms. The van der Waals surface area contributed by atoms with Gasteiger partial charge in [0.1, 0.15) is 5.75 Å². The first-order valence-corrected chi connectivity index (χ1v) is 11.5. The molecule has 8 nitrogen and oxygen atoms in total. The molecule has 0 radical (unpaired) electrons. The Bertz CT molecular complexity index is 1060. The number of piperazine rings is 1. The molecule has 1 N–H and O–H groups in total. The van der Waals surface area contributed by atoms with Crippen molar-refractivity contribution in [1.82, 2.24) is 9.21 Å². The minimum Gasteiger partial charge on any atom is -0.479 e. The number of thiophene rings is 1. The molecule has 1 atom stereocenters. The van der Waals surface area contributed by atoms with Crippen molar-refractivity contribution in [3.63, 3.8) is 0 Å². The average Bonchev–Trinajstić information content (AvgIpc) is 3.23. The molecule has 0 spiro atoms. The number of hydrogen-bond acceptors (Lipinski definition) is 6. The molecule has 3 heterocycles. The van der Waals surface area contributed by atoms with E-state index in [4.69, 9.17) is 4.74 Å². The predicted octanol–water partition coefficient (Wildman–Crippen LogP) is 1.92. The highest BCUT2D eigenvalue weighted by molar-refractivity contribution is 7.89. The summed E-state index contributed by atoms with van der Waals surface area (Å²) in [5.41, 5.74) is 0.996. The molecule has 2 aromatic rings. The van der Waals surface area contributed by atoms with E-state index in [2.05, 4.69) is 5.32 Å². The lowest BCUT2D eigenvalue weighted by atomic mass is 10.1. The molecule has 1 aromatic heterocycles. The van der Waals surface area contributed by atoms with Crippen LogP contribution in [0.5, 0.6) is 5.75 Å². The van der Waals surface area contributed by atoms with Crippen molar-refractivity contribution in [3.8, 4) is 5.75 Å². The number of rotatable bonds is 3. The topological polar surface area (TPSA) is 96.0 Å². The molecule has 0 saturated carbocycles. The SMILES string of the molecule is Cc1cc2c(cc1S(=O)(=O)N1CCN(C(=O)c3cccs3)CC1)OC(C)C(=O)N2. The molecule has 2 aliphatic heterocycles. The number of nitrogens with one attached hydrogen (secondary N) is 1. The maximum Gasteiger partial charge on any atom is 0.265 e. The number of ether oxygens (including phenoxy) is 1. The van der Waals surface area contributed by atoms with E-state index in [-0.39, 0.29) is 29.8 Å². The molecule has 0 aliphatic carbocycles. The van der Waals surface area contributed by atoms with Crippen LogP contribution < -0.4 is 10.1 Å². The van der Waals surface area contributed by atoms with Crippen molar-refractivity contribution in [2.75, 3.05) is 31.5 Å². The van der Waals surface area contributed by atoms with Crippen LogP contribution in [0.2, 0.25) is 0 Å². The maximum atomic E-state index is 13.2. The maximum absolute atomic E-state index is 13.2. The fraction of sp³-hybridized carbons (Fsp3) is 0.368. The third-order valence-electron chi connectivity index (χ3n) is 5.08. The van der Waals surface area contributed by atoms with Crippen LogP contribution in [-0.2, 0) is 14.8 Å². The summed E-state index contributed by atoms with van der Waals surface area (Å²) < 4.78 is 33.4. The lowest BCUT2D eigenvalue weighted by Gasteiger charge is -2.34. The highest BCUT2D eigenvalue weighted by Crippen LogP contribution is 2.35. The van der Waals surface area contributed by atoms with E-state index in [1.54, 1.807) is 30.9 Å². The minimum absolute atomic E-state index is 0.0693. The van der Waals surface area contributed by atoms with Crippen molar-refractivity contribution in [2.24, 2.45) is 0 Å². The molecule has 1 fully saturated rings. The Kier molecular flexibility index (Phi) is 5.09. The second kappa shape index (κ2) is 7.43. The lowest BCUT2D eigenvalue weighted by molar-refractivity contribution is -0.122. The molecular formula is C19H21N3O5S2. The molecule has 2 amide bonds. The van der Waals surface area contributed by atoms with Crippen LogP contribution in [0.1, 0.15) is 22.2 Å². The van der Waals surface area contributed by atoms with Crippen LogP contribution in [0.4, 0.5) is 5.69 Å². The Labute approximate surface area is 173 Å². The fourth-order valence-corrected chi connectivity index (χ4v) is 5.78. The van der Waals surface area contributed by atoms with Crippen LogP contribution in [0.3, 0.4) is 0 Å². The summed E-state index contributed by atoms with van der Waals surface area (Å²) in [6, 6.07) is 6.68. The summed E-state index contributed by atoms with van der Waals surface area (Å²) >= 11 is 1.38. The molecular weight excluding hydrogens is 414 g/mol.